The van der Waals surface area contributed by atoms with Crippen LogP contribution in [-0.2, 0) is 65.4 Å². The van der Waals surface area contributed by atoms with Crippen LogP contribution in [0.5, 0.6) is 0 Å². The number of phosphoric ester groups is 2. The van der Waals surface area contributed by atoms with Crippen molar-refractivity contribution < 1.29 is 80.2 Å². The summed E-state index contributed by atoms with van der Waals surface area (Å²) in [5.74, 6) is -1.35. The average Bonchev–Trinajstić information content (AvgIpc) is 0.900. The molecule has 0 aromatic rings. The third-order valence-electron chi connectivity index (χ3n) is 21.3. The third-order valence-corrected chi connectivity index (χ3v) is 23.2. The van der Waals surface area contributed by atoms with Gasteiger partial charge in [-0.3, -0.25) is 37.3 Å². The molecule has 0 aromatic carbocycles. The van der Waals surface area contributed by atoms with Crippen molar-refractivity contribution >= 4 is 39.5 Å². The van der Waals surface area contributed by atoms with Gasteiger partial charge in [0.1, 0.15) is 19.3 Å². The molecule has 5 atom stereocenters. The monoisotopic (exact) mass is 1590 g/mol. The van der Waals surface area contributed by atoms with Crippen LogP contribution in [0, 0.1) is 5.92 Å². The topological polar surface area (TPSA) is 237 Å². The summed E-state index contributed by atoms with van der Waals surface area (Å²) in [6, 6.07) is 0. The molecule has 0 radical (unpaired) electrons. The largest absolute Gasteiger partial charge is 0.472 e. The molecule has 0 aromatic heterocycles. The summed E-state index contributed by atoms with van der Waals surface area (Å²) in [5.41, 5.74) is 0. The van der Waals surface area contributed by atoms with Crippen LogP contribution in [0.1, 0.15) is 490 Å². The molecular weight excluding hydrogens is 1410 g/mol. The Morgan fingerprint density at radius 3 is 0.624 bits per heavy atom. The predicted octanol–water partition coefficient (Wildman–Crippen LogP) is 27.9. The van der Waals surface area contributed by atoms with E-state index in [0.717, 1.165) is 95.8 Å². The van der Waals surface area contributed by atoms with E-state index in [1.54, 1.807) is 0 Å². The highest BCUT2D eigenvalue weighted by molar-refractivity contribution is 7.47. The number of unbranched alkanes of at least 4 members (excludes halogenated alkanes) is 62. The fourth-order valence-electron chi connectivity index (χ4n) is 14.2. The van der Waals surface area contributed by atoms with Gasteiger partial charge in [-0.2, -0.15) is 0 Å². The van der Waals surface area contributed by atoms with Crippen molar-refractivity contribution in [2.24, 2.45) is 5.92 Å². The van der Waals surface area contributed by atoms with E-state index in [1.807, 2.05) is 0 Å². The fourth-order valence-corrected chi connectivity index (χ4v) is 15.8. The second kappa shape index (κ2) is 82.6. The molecule has 0 heterocycles. The lowest BCUT2D eigenvalue weighted by atomic mass is 10.0. The van der Waals surface area contributed by atoms with Crippen molar-refractivity contribution in [2.45, 2.75) is 509 Å². The Labute approximate surface area is 670 Å². The van der Waals surface area contributed by atoms with Gasteiger partial charge in [-0.25, -0.2) is 9.13 Å². The van der Waals surface area contributed by atoms with E-state index in [9.17, 15) is 43.2 Å². The van der Waals surface area contributed by atoms with Crippen LogP contribution in [0.2, 0.25) is 0 Å². The van der Waals surface area contributed by atoms with Crippen LogP contribution < -0.4 is 0 Å². The fraction of sp³-hybridized carbons (Fsp3) is 0.956. The van der Waals surface area contributed by atoms with E-state index in [2.05, 4.69) is 34.6 Å². The first kappa shape index (κ1) is 107. The zero-order valence-electron chi connectivity index (χ0n) is 71.7. The second-order valence-electron chi connectivity index (χ2n) is 32.8. The molecule has 0 amide bonds. The zero-order chi connectivity index (χ0) is 79.7. The summed E-state index contributed by atoms with van der Waals surface area (Å²) in [6.07, 6.45) is 78.0. The maximum atomic E-state index is 13.2. The molecule has 0 aliphatic heterocycles. The molecule has 19 heteroatoms. The first-order chi connectivity index (χ1) is 53.0. The highest BCUT2D eigenvalue weighted by Gasteiger charge is 2.31. The summed E-state index contributed by atoms with van der Waals surface area (Å²) < 4.78 is 69.0. The third kappa shape index (κ3) is 83.8. The maximum Gasteiger partial charge on any atom is 0.472 e. The van der Waals surface area contributed by atoms with Crippen molar-refractivity contribution in [3.8, 4) is 0 Å². The number of carbonyl (C=O) groups excluding carboxylic acids is 4. The standard InChI is InChI=1S/C90H176O17P2/c1-6-9-12-15-18-21-24-27-30-32-34-36-38-40-42-44-47-50-55-61-66-71-76-90(95)106-85(79-100-87(92)73-68-63-58-53-48-46-43-41-39-37-35-33-31-28-25-22-19-16-13-10-7-2)81-104-108(96,97)102-77-84(91)78-103-109(98,99)105-82-86(80-101-88(93)74-69-64-59-56-51-52-57-62-67-72-83(4)5)107-89(94)75-70-65-60-54-49-45-29-26-23-20-17-14-11-8-3/h83-86,91H,6-82H2,1-5H3,(H,96,97)(H,98,99)/t84-,85-,86-/m1/s1. The Kier molecular flexibility index (Phi) is 81.1. The SMILES string of the molecule is CCCCCCCCCCCCCCCCCCCCCCCCC(=O)O[C@H](COC(=O)CCCCCCCCCCCCCCCCCCCCCCC)COP(=O)(O)OC[C@@H](O)COP(=O)(O)OC[C@@H](COC(=O)CCCCCCCCCCCC(C)C)OC(=O)CCCCCCCCCCCCCCCC. The van der Waals surface area contributed by atoms with Gasteiger partial charge in [0.2, 0.25) is 0 Å². The first-order valence-corrected chi connectivity index (χ1v) is 49.6. The number of ether oxygens (including phenoxy) is 4. The Balaban J connectivity index is 5.22. The minimum Gasteiger partial charge on any atom is -0.462 e. The Hall–Kier alpha value is -1.94. The lowest BCUT2D eigenvalue weighted by molar-refractivity contribution is -0.161. The van der Waals surface area contributed by atoms with Gasteiger partial charge in [-0.05, 0) is 31.6 Å². The predicted molar refractivity (Wildman–Crippen MR) is 451 cm³/mol. The molecule has 0 bridgehead atoms. The molecule has 0 spiro atoms. The van der Waals surface area contributed by atoms with Crippen molar-refractivity contribution in [1.82, 2.24) is 0 Å². The molecule has 0 rings (SSSR count). The van der Waals surface area contributed by atoms with Crippen LogP contribution in [0.3, 0.4) is 0 Å². The van der Waals surface area contributed by atoms with Gasteiger partial charge < -0.3 is 33.8 Å². The van der Waals surface area contributed by atoms with E-state index in [-0.39, 0.29) is 25.7 Å². The molecule has 648 valence electrons. The maximum absolute atomic E-state index is 13.2. The van der Waals surface area contributed by atoms with Crippen molar-refractivity contribution in [1.29, 1.82) is 0 Å². The summed E-state index contributed by atoms with van der Waals surface area (Å²) in [6.45, 7) is 7.36. The van der Waals surface area contributed by atoms with Gasteiger partial charge >= 0.3 is 39.5 Å². The quantitative estimate of drug-likeness (QED) is 0.0222. The summed E-state index contributed by atoms with van der Waals surface area (Å²) in [7, 11) is -9.93. The van der Waals surface area contributed by atoms with Crippen LogP contribution >= 0.6 is 15.6 Å². The van der Waals surface area contributed by atoms with Gasteiger partial charge in [-0.1, -0.05) is 439 Å². The van der Waals surface area contributed by atoms with Crippen molar-refractivity contribution in [3.63, 3.8) is 0 Å². The smallest absolute Gasteiger partial charge is 0.462 e. The number of carbonyl (C=O) groups is 4. The van der Waals surface area contributed by atoms with Crippen molar-refractivity contribution in [3.05, 3.63) is 0 Å². The minimum absolute atomic E-state index is 0.108. The van der Waals surface area contributed by atoms with Gasteiger partial charge in [0.25, 0.3) is 0 Å². The number of aliphatic hydroxyl groups is 1. The molecule has 0 saturated carbocycles. The number of rotatable bonds is 90. The Morgan fingerprint density at radius 1 is 0.248 bits per heavy atom. The highest BCUT2D eigenvalue weighted by atomic mass is 31.2. The minimum atomic E-state index is -4.97. The van der Waals surface area contributed by atoms with Gasteiger partial charge in [0, 0.05) is 25.7 Å². The first-order valence-electron chi connectivity index (χ1n) is 46.6. The Morgan fingerprint density at radius 2 is 0.422 bits per heavy atom. The molecule has 17 nitrogen and oxygen atoms in total. The van der Waals surface area contributed by atoms with Crippen LogP contribution in [-0.4, -0.2) is 96.7 Å². The molecule has 0 fully saturated rings. The van der Waals surface area contributed by atoms with Gasteiger partial charge in [0.15, 0.2) is 12.2 Å². The van der Waals surface area contributed by atoms with Gasteiger partial charge in [0.05, 0.1) is 26.4 Å². The number of hydrogen-bond acceptors (Lipinski definition) is 15. The number of phosphoric acid groups is 2. The Bertz CT molecular complexity index is 2070. The number of esters is 4. The van der Waals surface area contributed by atoms with Crippen molar-refractivity contribution in [2.75, 3.05) is 39.6 Å². The van der Waals surface area contributed by atoms with Crippen LogP contribution in [0.25, 0.3) is 0 Å². The number of aliphatic hydroxyl groups excluding tert-OH is 1. The zero-order valence-corrected chi connectivity index (χ0v) is 73.5. The van der Waals surface area contributed by atoms with E-state index < -0.39 is 97.5 Å². The molecule has 0 aliphatic rings. The molecule has 3 N–H and O–H groups in total. The molecular formula is C90H176O17P2. The van der Waals surface area contributed by atoms with Crippen LogP contribution in [0.15, 0.2) is 0 Å². The lowest BCUT2D eigenvalue weighted by Gasteiger charge is -2.21. The van der Waals surface area contributed by atoms with E-state index in [1.165, 1.54) is 315 Å². The summed E-state index contributed by atoms with van der Waals surface area (Å²) >= 11 is 0. The second-order valence-corrected chi connectivity index (χ2v) is 35.7. The lowest BCUT2D eigenvalue weighted by Crippen LogP contribution is -2.30. The molecule has 109 heavy (non-hydrogen) atoms. The summed E-state index contributed by atoms with van der Waals surface area (Å²) in [5, 5.41) is 10.7. The number of hydrogen-bond donors (Lipinski definition) is 3. The highest BCUT2D eigenvalue weighted by Crippen LogP contribution is 2.45. The normalized spacial score (nSPS) is 13.7. The average molecular weight is 1590 g/mol. The molecule has 0 aliphatic carbocycles. The van der Waals surface area contributed by atoms with E-state index in [4.69, 9.17) is 37.0 Å². The van der Waals surface area contributed by atoms with Crippen LogP contribution in [0.4, 0.5) is 0 Å². The molecule has 2 unspecified atom stereocenters. The summed E-state index contributed by atoms with van der Waals surface area (Å²) in [4.78, 5) is 73.4. The molecule has 0 saturated heterocycles. The van der Waals surface area contributed by atoms with E-state index in [0.29, 0.717) is 25.7 Å². The van der Waals surface area contributed by atoms with E-state index >= 15 is 0 Å². The van der Waals surface area contributed by atoms with Gasteiger partial charge in [-0.15, -0.1) is 0 Å².